The highest BCUT2D eigenvalue weighted by atomic mass is 35.5. The molecule has 4 rings (SSSR count). The van der Waals surface area contributed by atoms with Gasteiger partial charge in [-0.2, -0.15) is 5.26 Å². The molecule has 0 fully saturated rings. The largest absolute Gasteiger partial charge is 0.481 e. The van der Waals surface area contributed by atoms with E-state index in [4.69, 9.17) is 21.5 Å². The zero-order valence-corrected chi connectivity index (χ0v) is 16.4. The van der Waals surface area contributed by atoms with Crippen LogP contribution in [0.25, 0.3) is 5.69 Å². The van der Waals surface area contributed by atoms with Crippen LogP contribution in [0.15, 0.2) is 53.7 Å². The summed E-state index contributed by atoms with van der Waals surface area (Å²) in [5.41, 5.74) is 4.15. The van der Waals surface area contributed by atoms with Crippen molar-refractivity contribution in [2.45, 2.75) is 20.1 Å². The number of aliphatic carboxylic acids is 1. The van der Waals surface area contributed by atoms with E-state index in [2.05, 4.69) is 16.0 Å². The zero-order chi connectivity index (χ0) is 21.1. The average Bonchev–Trinajstić information content (AvgIpc) is 3.01. The van der Waals surface area contributed by atoms with Crippen molar-refractivity contribution in [2.24, 2.45) is 4.99 Å². The minimum absolute atomic E-state index is 0.436. The van der Waals surface area contributed by atoms with E-state index in [9.17, 15) is 10.4 Å². The highest BCUT2D eigenvalue weighted by molar-refractivity contribution is 6.35. The number of aliphatic hydroxyl groups is 1. The Bertz CT molecular complexity index is 1160. The molecule has 1 atom stereocenters. The maximum atomic E-state index is 10.6. The molecule has 0 spiro atoms. The monoisotopic (exact) mass is 408 g/mol. The van der Waals surface area contributed by atoms with Gasteiger partial charge in [-0.05, 0) is 31.2 Å². The number of benzene rings is 2. The van der Waals surface area contributed by atoms with Crippen molar-refractivity contribution in [2.75, 3.05) is 0 Å². The second-order valence-corrected chi connectivity index (χ2v) is 6.69. The van der Waals surface area contributed by atoms with Gasteiger partial charge in [-0.1, -0.05) is 29.8 Å². The first-order valence-electron chi connectivity index (χ1n) is 8.63. The van der Waals surface area contributed by atoms with Gasteiger partial charge in [0.2, 0.25) is 6.23 Å². The van der Waals surface area contributed by atoms with E-state index in [1.54, 1.807) is 24.4 Å². The van der Waals surface area contributed by atoms with Crippen LogP contribution < -0.4 is 0 Å². The maximum absolute atomic E-state index is 10.6. The lowest BCUT2D eigenvalue weighted by molar-refractivity contribution is -0.134. The summed E-state index contributed by atoms with van der Waals surface area (Å²) >= 11 is 6.37. The molecule has 1 unspecified atom stereocenters. The molecule has 29 heavy (non-hydrogen) atoms. The fourth-order valence-electron chi connectivity index (χ4n) is 3.06. The topological polar surface area (TPSA) is 112 Å². The Hall–Kier alpha value is -3.47. The number of nitriles is 1. The van der Waals surface area contributed by atoms with E-state index in [0.29, 0.717) is 27.7 Å². The molecule has 2 aromatic carbocycles. The Labute approximate surface area is 172 Å². The van der Waals surface area contributed by atoms with Gasteiger partial charge in [0.05, 0.1) is 23.0 Å². The molecule has 146 valence electrons. The number of hydrogen-bond acceptors (Lipinski definition) is 5. The van der Waals surface area contributed by atoms with Crippen LogP contribution in [0, 0.1) is 18.3 Å². The Morgan fingerprint density at radius 2 is 1.93 bits per heavy atom. The van der Waals surface area contributed by atoms with Crippen molar-refractivity contribution in [3.05, 3.63) is 81.9 Å². The summed E-state index contributed by atoms with van der Waals surface area (Å²) in [6.45, 7) is 2.99. The first-order valence-corrected chi connectivity index (χ1v) is 9.00. The summed E-state index contributed by atoms with van der Waals surface area (Å²) in [6.07, 6.45) is 0.564. The van der Waals surface area contributed by atoms with Gasteiger partial charge in [-0.25, -0.2) is 9.98 Å². The Morgan fingerprint density at radius 3 is 2.59 bits per heavy atom. The minimum atomic E-state index is -1.13. The van der Waals surface area contributed by atoms with Gasteiger partial charge in [-0.15, -0.1) is 0 Å². The van der Waals surface area contributed by atoms with Crippen molar-refractivity contribution < 1.29 is 15.0 Å². The van der Waals surface area contributed by atoms with Crippen molar-refractivity contribution in [1.29, 1.82) is 5.26 Å². The molecule has 3 aromatic rings. The van der Waals surface area contributed by atoms with Crippen LogP contribution in [-0.2, 0) is 4.79 Å². The normalized spacial score (nSPS) is 14.3. The maximum Gasteiger partial charge on any atom is 0.300 e. The highest BCUT2D eigenvalue weighted by Gasteiger charge is 2.26. The van der Waals surface area contributed by atoms with E-state index in [1.807, 2.05) is 35.8 Å². The first kappa shape index (κ1) is 20.3. The number of carboxylic acid groups (broad SMARTS) is 1. The van der Waals surface area contributed by atoms with Gasteiger partial charge >= 0.3 is 0 Å². The number of rotatable bonds is 1. The molecule has 0 bridgehead atoms. The third-order valence-electron chi connectivity index (χ3n) is 4.20. The Balaban J connectivity index is 0.000000552. The molecule has 0 aliphatic carbocycles. The van der Waals surface area contributed by atoms with Gasteiger partial charge in [0.1, 0.15) is 0 Å². The molecular weight excluding hydrogens is 392 g/mol. The Morgan fingerprint density at radius 1 is 1.24 bits per heavy atom. The van der Waals surface area contributed by atoms with Gasteiger partial charge in [0.25, 0.3) is 5.97 Å². The molecule has 1 aliphatic rings. The number of fused-ring (bicyclic) bond motifs is 3. The molecule has 2 N–H and O–H groups in total. The smallest absolute Gasteiger partial charge is 0.300 e. The van der Waals surface area contributed by atoms with E-state index >= 15 is 0 Å². The molecule has 0 saturated heterocycles. The second-order valence-electron chi connectivity index (χ2n) is 6.29. The van der Waals surface area contributed by atoms with Crippen LogP contribution in [0.1, 0.15) is 41.4 Å². The summed E-state index contributed by atoms with van der Waals surface area (Å²) in [5, 5.41) is 27.8. The molecule has 0 radical (unpaired) electrons. The van der Waals surface area contributed by atoms with Crippen LogP contribution in [-0.4, -0.2) is 31.4 Å². The number of aryl methyl sites for hydroxylation is 1. The zero-order valence-electron chi connectivity index (χ0n) is 15.7. The average molecular weight is 409 g/mol. The van der Waals surface area contributed by atoms with E-state index in [0.717, 1.165) is 23.9 Å². The summed E-state index contributed by atoms with van der Waals surface area (Å²) < 4.78 is 1.86. The van der Waals surface area contributed by atoms with Crippen LogP contribution >= 0.6 is 11.6 Å². The molecule has 0 saturated carbocycles. The van der Waals surface area contributed by atoms with Gasteiger partial charge in [0.15, 0.2) is 5.82 Å². The van der Waals surface area contributed by atoms with Crippen LogP contribution in [0.4, 0.5) is 0 Å². The lowest BCUT2D eigenvalue weighted by Gasteiger charge is -2.14. The molecule has 1 aliphatic heterocycles. The number of halogens is 1. The third kappa shape index (κ3) is 4.04. The SMILES string of the molecule is CC(=O)O.Cc1cnc2n1-c1ccc(C#N)cc1C(c1ccccc1Cl)=NC2O. The van der Waals surface area contributed by atoms with Crippen molar-refractivity contribution in [3.63, 3.8) is 0 Å². The number of aliphatic imine (C=N–C) groups is 1. The Kier molecular flexibility index (Phi) is 5.78. The third-order valence-corrected chi connectivity index (χ3v) is 4.53. The molecule has 0 amide bonds. The fraction of sp³-hybridized carbons (Fsp3) is 0.143. The summed E-state index contributed by atoms with van der Waals surface area (Å²) in [4.78, 5) is 17.8. The molecule has 8 heteroatoms. The molecular formula is C21H17ClN4O3. The molecule has 2 heterocycles. The quantitative estimate of drug-likeness (QED) is 0.638. The van der Waals surface area contributed by atoms with Crippen LogP contribution in [0.5, 0.6) is 0 Å². The second kappa shape index (κ2) is 8.27. The van der Waals surface area contributed by atoms with Crippen molar-refractivity contribution in [3.8, 4) is 11.8 Å². The summed E-state index contributed by atoms with van der Waals surface area (Å²) in [5.74, 6) is -0.398. The van der Waals surface area contributed by atoms with Crippen molar-refractivity contribution in [1.82, 2.24) is 9.55 Å². The predicted octanol–water partition coefficient (Wildman–Crippen LogP) is 3.64. The number of hydrogen-bond donors (Lipinski definition) is 2. The van der Waals surface area contributed by atoms with E-state index < -0.39 is 12.2 Å². The van der Waals surface area contributed by atoms with E-state index in [-0.39, 0.29) is 0 Å². The van der Waals surface area contributed by atoms with Gasteiger partial charge in [0, 0.05) is 35.0 Å². The van der Waals surface area contributed by atoms with Crippen LogP contribution in [0.3, 0.4) is 0 Å². The number of nitrogens with zero attached hydrogens (tertiary/aromatic N) is 4. The van der Waals surface area contributed by atoms with Crippen molar-refractivity contribution >= 4 is 23.3 Å². The number of aromatic nitrogens is 2. The lowest BCUT2D eigenvalue weighted by atomic mass is 9.98. The number of aliphatic hydroxyl groups excluding tert-OH is 1. The number of carbonyl (C=O) groups is 1. The number of imidazole rings is 1. The fourth-order valence-corrected chi connectivity index (χ4v) is 3.28. The molecule has 7 nitrogen and oxygen atoms in total. The van der Waals surface area contributed by atoms with E-state index in [1.165, 1.54) is 0 Å². The lowest BCUT2D eigenvalue weighted by Crippen LogP contribution is -2.09. The highest BCUT2D eigenvalue weighted by Crippen LogP contribution is 2.32. The summed E-state index contributed by atoms with van der Waals surface area (Å²) in [7, 11) is 0. The summed E-state index contributed by atoms with van der Waals surface area (Å²) in [6, 6.07) is 14.8. The van der Waals surface area contributed by atoms with Gasteiger partial charge in [-0.3, -0.25) is 9.36 Å². The minimum Gasteiger partial charge on any atom is -0.481 e. The first-order chi connectivity index (χ1) is 13.8. The molecule has 1 aromatic heterocycles. The van der Waals surface area contributed by atoms with Crippen LogP contribution in [0.2, 0.25) is 5.02 Å². The number of carboxylic acids is 1. The standard InChI is InChI=1S/C19H13ClN4O.C2H4O2/c1-11-10-22-18-19(25)23-17(13-4-2-3-5-15(13)20)14-8-12(9-21)6-7-16(14)24(11)18;1-2(3)4/h2-8,10,19,25H,1H3;1H3,(H,3,4). The predicted molar refractivity (Wildman–Crippen MR) is 108 cm³/mol. The van der Waals surface area contributed by atoms with Gasteiger partial charge < -0.3 is 10.2 Å².